The summed E-state index contributed by atoms with van der Waals surface area (Å²) in [7, 11) is 0. The van der Waals surface area contributed by atoms with E-state index in [9.17, 15) is 0 Å². The Morgan fingerprint density at radius 1 is 0.765 bits per heavy atom. The lowest BCUT2D eigenvalue weighted by Gasteiger charge is -2.02. The van der Waals surface area contributed by atoms with E-state index in [0.29, 0.717) is 0 Å². The lowest BCUT2D eigenvalue weighted by molar-refractivity contribution is 1.33. The standard InChI is InChI=1S/C15H16N2/c1-3-8-14(9-4-1)16-12-7-13-17-15-10-5-2-6-11-15/h1-12,16-17H,13H2/b12-7+. The molecule has 0 radical (unpaired) electrons. The minimum atomic E-state index is 0.809. The fourth-order valence-electron chi connectivity index (χ4n) is 1.48. The number of anilines is 2. The van der Waals surface area contributed by atoms with Crippen LogP contribution in [0.25, 0.3) is 0 Å². The smallest absolute Gasteiger partial charge is 0.0379 e. The van der Waals surface area contributed by atoms with E-state index in [1.807, 2.05) is 54.7 Å². The molecule has 2 rings (SSSR count). The molecule has 0 aromatic heterocycles. The summed E-state index contributed by atoms with van der Waals surface area (Å²) in [5.41, 5.74) is 2.24. The highest BCUT2D eigenvalue weighted by Gasteiger charge is 1.85. The highest BCUT2D eigenvalue weighted by molar-refractivity contribution is 5.46. The van der Waals surface area contributed by atoms with Crippen molar-refractivity contribution < 1.29 is 0 Å². The van der Waals surface area contributed by atoms with Gasteiger partial charge < -0.3 is 10.6 Å². The summed E-state index contributed by atoms with van der Waals surface area (Å²) in [4.78, 5) is 0. The van der Waals surface area contributed by atoms with E-state index in [1.165, 1.54) is 0 Å². The van der Waals surface area contributed by atoms with Gasteiger partial charge in [0.1, 0.15) is 0 Å². The first-order chi connectivity index (χ1) is 8.45. The van der Waals surface area contributed by atoms with Gasteiger partial charge in [-0.1, -0.05) is 36.4 Å². The normalized spacial score (nSPS) is 10.4. The first-order valence-electron chi connectivity index (χ1n) is 5.71. The number of rotatable bonds is 5. The Morgan fingerprint density at radius 2 is 1.35 bits per heavy atom. The van der Waals surface area contributed by atoms with E-state index in [1.54, 1.807) is 0 Å². The van der Waals surface area contributed by atoms with Crippen LogP contribution in [-0.2, 0) is 0 Å². The maximum Gasteiger partial charge on any atom is 0.0379 e. The SMILES string of the molecule is C(=C\Nc1ccccc1)/CNc1ccccc1. The molecule has 0 aliphatic rings. The van der Waals surface area contributed by atoms with Gasteiger partial charge in [-0.05, 0) is 36.5 Å². The van der Waals surface area contributed by atoms with Crippen LogP contribution in [-0.4, -0.2) is 6.54 Å². The molecule has 0 saturated heterocycles. The maximum atomic E-state index is 3.30. The van der Waals surface area contributed by atoms with E-state index in [4.69, 9.17) is 0 Å². The summed E-state index contributed by atoms with van der Waals surface area (Å²) in [5, 5.41) is 6.51. The molecule has 2 aromatic rings. The Morgan fingerprint density at radius 3 is 2.00 bits per heavy atom. The van der Waals surface area contributed by atoms with Crippen molar-refractivity contribution in [1.82, 2.24) is 0 Å². The zero-order chi connectivity index (χ0) is 11.8. The van der Waals surface area contributed by atoms with Gasteiger partial charge in [-0.2, -0.15) is 0 Å². The predicted molar refractivity (Wildman–Crippen MR) is 74.1 cm³/mol. The summed E-state index contributed by atoms with van der Waals surface area (Å²) >= 11 is 0. The van der Waals surface area contributed by atoms with Crippen molar-refractivity contribution >= 4 is 11.4 Å². The molecule has 0 amide bonds. The van der Waals surface area contributed by atoms with Crippen LogP contribution < -0.4 is 10.6 Å². The molecule has 0 aliphatic carbocycles. The van der Waals surface area contributed by atoms with Gasteiger partial charge in [0.05, 0.1) is 0 Å². The molecule has 0 heterocycles. The van der Waals surface area contributed by atoms with Crippen LogP contribution >= 0.6 is 0 Å². The molecular formula is C15H16N2. The van der Waals surface area contributed by atoms with Crippen LogP contribution in [0.5, 0.6) is 0 Å². The van der Waals surface area contributed by atoms with Gasteiger partial charge >= 0.3 is 0 Å². The number of hydrogen-bond donors (Lipinski definition) is 2. The average molecular weight is 224 g/mol. The first kappa shape index (κ1) is 11.3. The molecule has 17 heavy (non-hydrogen) atoms. The van der Waals surface area contributed by atoms with Crippen molar-refractivity contribution in [1.29, 1.82) is 0 Å². The lowest BCUT2D eigenvalue weighted by Crippen LogP contribution is -1.98. The monoisotopic (exact) mass is 224 g/mol. The second-order valence-electron chi connectivity index (χ2n) is 3.66. The second-order valence-corrected chi connectivity index (χ2v) is 3.66. The minimum absolute atomic E-state index is 0.809. The van der Waals surface area contributed by atoms with Crippen molar-refractivity contribution in [2.75, 3.05) is 17.2 Å². The van der Waals surface area contributed by atoms with Crippen LogP contribution in [0.4, 0.5) is 11.4 Å². The molecule has 2 aromatic carbocycles. The number of hydrogen-bond acceptors (Lipinski definition) is 2. The van der Waals surface area contributed by atoms with Crippen molar-refractivity contribution in [3.05, 3.63) is 72.9 Å². The average Bonchev–Trinajstić information content (AvgIpc) is 2.41. The Hall–Kier alpha value is -2.22. The molecule has 0 fully saturated rings. The third kappa shape index (κ3) is 4.03. The first-order valence-corrected chi connectivity index (χ1v) is 5.71. The molecule has 0 saturated carbocycles. The Bertz CT molecular complexity index is 449. The minimum Gasteiger partial charge on any atom is -0.382 e. The zero-order valence-corrected chi connectivity index (χ0v) is 9.64. The van der Waals surface area contributed by atoms with Crippen molar-refractivity contribution in [3.8, 4) is 0 Å². The molecule has 0 unspecified atom stereocenters. The van der Waals surface area contributed by atoms with Gasteiger partial charge in [-0.25, -0.2) is 0 Å². The summed E-state index contributed by atoms with van der Waals surface area (Å²) < 4.78 is 0. The summed E-state index contributed by atoms with van der Waals surface area (Å²) in [6.07, 6.45) is 4.01. The van der Waals surface area contributed by atoms with Crippen molar-refractivity contribution in [3.63, 3.8) is 0 Å². The summed E-state index contributed by atoms with van der Waals surface area (Å²) in [5.74, 6) is 0. The molecule has 0 bridgehead atoms. The zero-order valence-electron chi connectivity index (χ0n) is 9.64. The predicted octanol–water partition coefficient (Wildman–Crippen LogP) is 3.72. The number of nitrogens with one attached hydrogen (secondary N) is 2. The third-order valence-electron chi connectivity index (χ3n) is 2.34. The van der Waals surface area contributed by atoms with Crippen LogP contribution in [0.2, 0.25) is 0 Å². The number of para-hydroxylation sites is 2. The Labute approximate surface area is 102 Å². The van der Waals surface area contributed by atoms with E-state index in [0.717, 1.165) is 17.9 Å². The summed E-state index contributed by atoms with van der Waals surface area (Å²) in [6, 6.07) is 20.3. The molecule has 2 heteroatoms. The van der Waals surface area contributed by atoms with Crippen LogP contribution in [0.1, 0.15) is 0 Å². The molecular weight excluding hydrogens is 208 g/mol. The van der Waals surface area contributed by atoms with Crippen LogP contribution in [0.15, 0.2) is 72.9 Å². The van der Waals surface area contributed by atoms with Gasteiger partial charge in [0.25, 0.3) is 0 Å². The molecule has 0 aliphatic heterocycles. The quantitative estimate of drug-likeness (QED) is 0.808. The van der Waals surface area contributed by atoms with E-state index < -0.39 is 0 Å². The van der Waals surface area contributed by atoms with E-state index in [2.05, 4.69) is 28.8 Å². The molecule has 2 N–H and O–H groups in total. The Kier molecular flexibility index (Phi) is 4.23. The van der Waals surface area contributed by atoms with Crippen LogP contribution in [0, 0.1) is 0 Å². The highest BCUT2D eigenvalue weighted by atomic mass is 14.9. The largest absolute Gasteiger partial charge is 0.382 e. The molecule has 0 spiro atoms. The summed E-state index contributed by atoms with van der Waals surface area (Å²) in [6.45, 7) is 0.809. The molecule has 2 nitrogen and oxygen atoms in total. The van der Waals surface area contributed by atoms with Crippen LogP contribution in [0.3, 0.4) is 0 Å². The van der Waals surface area contributed by atoms with Gasteiger partial charge in [0.15, 0.2) is 0 Å². The molecule has 0 atom stereocenters. The fourth-order valence-corrected chi connectivity index (χ4v) is 1.48. The Balaban J connectivity index is 1.72. The fraction of sp³-hybridized carbons (Fsp3) is 0.0667. The topological polar surface area (TPSA) is 24.1 Å². The van der Waals surface area contributed by atoms with Gasteiger partial charge in [-0.15, -0.1) is 0 Å². The third-order valence-corrected chi connectivity index (χ3v) is 2.34. The van der Waals surface area contributed by atoms with E-state index >= 15 is 0 Å². The second kappa shape index (κ2) is 6.38. The van der Waals surface area contributed by atoms with Gasteiger partial charge in [0.2, 0.25) is 0 Å². The van der Waals surface area contributed by atoms with Crippen molar-refractivity contribution in [2.45, 2.75) is 0 Å². The lowest BCUT2D eigenvalue weighted by atomic mass is 10.3. The van der Waals surface area contributed by atoms with E-state index in [-0.39, 0.29) is 0 Å². The van der Waals surface area contributed by atoms with Gasteiger partial charge in [0, 0.05) is 17.9 Å². The maximum absolute atomic E-state index is 3.30. The van der Waals surface area contributed by atoms with Gasteiger partial charge in [-0.3, -0.25) is 0 Å². The number of benzene rings is 2. The molecule has 86 valence electrons. The highest BCUT2D eigenvalue weighted by Crippen LogP contribution is 2.05. The van der Waals surface area contributed by atoms with Crippen molar-refractivity contribution in [2.24, 2.45) is 0 Å².